The summed E-state index contributed by atoms with van der Waals surface area (Å²) in [5.41, 5.74) is -0.0473. The predicted molar refractivity (Wildman–Crippen MR) is 72.5 cm³/mol. The van der Waals surface area contributed by atoms with Gasteiger partial charge in [-0.3, -0.25) is 0 Å². The van der Waals surface area contributed by atoms with Crippen LogP contribution < -0.4 is 5.32 Å². The third-order valence-electron chi connectivity index (χ3n) is 2.60. The van der Waals surface area contributed by atoms with E-state index in [-0.39, 0.29) is 0 Å². The zero-order chi connectivity index (χ0) is 15.5. The minimum absolute atomic E-state index is 0.379. The lowest BCUT2D eigenvalue weighted by Gasteiger charge is -2.08. The number of alkyl halides is 3. The van der Waals surface area contributed by atoms with Crippen LogP contribution in [0.1, 0.15) is 11.1 Å². The van der Waals surface area contributed by atoms with Crippen molar-refractivity contribution >= 4 is 11.8 Å². The van der Waals surface area contributed by atoms with Gasteiger partial charge in [0, 0.05) is 17.6 Å². The van der Waals surface area contributed by atoms with Crippen molar-refractivity contribution in [1.29, 1.82) is 0 Å². The van der Waals surface area contributed by atoms with Crippen LogP contribution in [0.15, 0.2) is 46.5 Å². The van der Waals surface area contributed by atoms with Crippen molar-refractivity contribution in [3.63, 3.8) is 0 Å². The Hall–Kier alpha value is -1.60. The smallest absolute Gasteiger partial charge is 0.316 e. The minimum Gasteiger partial charge on any atom is -0.316 e. The number of nitrogens with one attached hydrogen (secondary N) is 1. The van der Waals surface area contributed by atoms with Gasteiger partial charge < -0.3 is 5.32 Å². The fraction of sp³-hybridized carbons (Fsp3) is 0.214. The summed E-state index contributed by atoms with van der Waals surface area (Å²) in [5, 5.41) is 3.29. The van der Waals surface area contributed by atoms with Crippen LogP contribution in [0, 0.1) is 5.82 Å². The number of benzene rings is 1. The van der Waals surface area contributed by atoms with E-state index in [1.807, 2.05) is 0 Å². The van der Waals surface area contributed by atoms with E-state index in [1.54, 1.807) is 13.1 Å². The molecule has 0 atom stereocenters. The van der Waals surface area contributed by atoms with Crippen LogP contribution in [0.2, 0.25) is 0 Å². The first kappa shape index (κ1) is 15.8. The third kappa shape index (κ3) is 4.44. The van der Waals surface area contributed by atoms with Crippen LogP contribution in [0.4, 0.5) is 17.6 Å². The largest absolute Gasteiger partial charge is 0.417 e. The lowest BCUT2D eigenvalue weighted by molar-refractivity contribution is -0.137. The zero-order valence-corrected chi connectivity index (χ0v) is 11.9. The van der Waals surface area contributed by atoms with E-state index in [1.165, 1.54) is 18.2 Å². The molecule has 21 heavy (non-hydrogen) atoms. The molecule has 1 aromatic heterocycles. The maximum absolute atomic E-state index is 13.5. The van der Waals surface area contributed by atoms with E-state index in [2.05, 4.69) is 10.3 Å². The molecule has 2 rings (SSSR count). The molecule has 0 spiro atoms. The van der Waals surface area contributed by atoms with Crippen LogP contribution in [0.5, 0.6) is 0 Å². The second-order valence-electron chi connectivity index (χ2n) is 4.31. The summed E-state index contributed by atoms with van der Waals surface area (Å²) >= 11 is 1.11. The van der Waals surface area contributed by atoms with Crippen molar-refractivity contribution in [2.45, 2.75) is 22.6 Å². The maximum Gasteiger partial charge on any atom is 0.417 e. The van der Waals surface area contributed by atoms with Gasteiger partial charge in [-0.1, -0.05) is 11.8 Å². The van der Waals surface area contributed by atoms with Gasteiger partial charge in [0.2, 0.25) is 0 Å². The molecule has 7 heteroatoms. The van der Waals surface area contributed by atoms with Crippen LogP contribution in [-0.4, -0.2) is 12.0 Å². The van der Waals surface area contributed by atoms with Crippen LogP contribution in [-0.2, 0) is 12.7 Å². The minimum atomic E-state index is -4.41. The molecule has 0 amide bonds. The number of hydrogen-bond donors (Lipinski definition) is 1. The van der Waals surface area contributed by atoms with E-state index in [9.17, 15) is 17.6 Å². The Morgan fingerprint density at radius 3 is 2.52 bits per heavy atom. The van der Waals surface area contributed by atoms with Crippen LogP contribution in [0.3, 0.4) is 0 Å². The van der Waals surface area contributed by atoms with Crippen molar-refractivity contribution in [3.05, 3.63) is 53.5 Å². The molecule has 0 aliphatic rings. The van der Waals surface area contributed by atoms with Gasteiger partial charge in [0.05, 0.1) is 5.56 Å². The lowest BCUT2D eigenvalue weighted by Crippen LogP contribution is -2.05. The monoisotopic (exact) mass is 316 g/mol. The van der Waals surface area contributed by atoms with Crippen molar-refractivity contribution < 1.29 is 17.6 Å². The fourth-order valence-corrected chi connectivity index (χ4v) is 2.58. The van der Waals surface area contributed by atoms with Gasteiger partial charge in [-0.2, -0.15) is 13.2 Å². The average Bonchev–Trinajstić information content (AvgIpc) is 2.38. The summed E-state index contributed by atoms with van der Waals surface area (Å²) in [4.78, 5) is 4.34. The normalized spacial score (nSPS) is 11.7. The molecule has 1 aromatic carbocycles. The molecule has 0 unspecified atom stereocenters. The van der Waals surface area contributed by atoms with Gasteiger partial charge in [0.15, 0.2) is 0 Å². The SMILES string of the molecule is CNCc1cc(F)cc(Sc2ccc(C(F)(F)F)cn2)c1. The molecule has 1 N–H and O–H groups in total. The van der Waals surface area contributed by atoms with E-state index < -0.39 is 17.6 Å². The molecular formula is C14H12F4N2S. The third-order valence-corrected chi connectivity index (χ3v) is 3.52. The highest BCUT2D eigenvalue weighted by atomic mass is 32.2. The second kappa shape index (κ2) is 6.44. The Balaban J connectivity index is 2.18. The van der Waals surface area contributed by atoms with Gasteiger partial charge in [-0.15, -0.1) is 0 Å². The van der Waals surface area contributed by atoms with Gasteiger partial charge in [0.25, 0.3) is 0 Å². The predicted octanol–water partition coefficient (Wildman–Crippen LogP) is 4.11. The summed E-state index contributed by atoms with van der Waals surface area (Å²) in [6.45, 7) is 0.506. The molecule has 0 radical (unpaired) electrons. The fourth-order valence-electron chi connectivity index (χ4n) is 1.71. The molecule has 0 saturated heterocycles. The molecule has 1 heterocycles. The van der Waals surface area contributed by atoms with Crippen LogP contribution >= 0.6 is 11.8 Å². The van der Waals surface area contributed by atoms with Gasteiger partial charge in [0.1, 0.15) is 10.8 Å². The Bertz CT molecular complexity index is 611. The Kier molecular flexibility index (Phi) is 4.84. The summed E-state index contributed by atoms with van der Waals surface area (Å²) < 4.78 is 50.8. The molecule has 0 aliphatic carbocycles. The first-order valence-corrected chi connectivity index (χ1v) is 6.85. The molecule has 112 valence electrons. The number of aromatic nitrogens is 1. The Morgan fingerprint density at radius 2 is 1.95 bits per heavy atom. The van der Waals surface area contributed by atoms with E-state index in [4.69, 9.17) is 0 Å². The maximum atomic E-state index is 13.5. The highest BCUT2D eigenvalue weighted by Crippen LogP contribution is 2.32. The molecule has 0 aliphatic heterocycles. The molecule has 0 fully saturated rings. The standard InChI is InChI=1S/C14H12F4N2S/c1-19-7-9-4-11(15)6-12(5-9)21-13-3-2-10(8-20-13)14(16,17)18/h2-6,8,19H,7H2,1H3. The highest BCUT2D eigenvalue weighted by Gasteiger charge is 2.30. The lowest BCUT2D eigenvalue weighted by atomic mass is 10.2. The molecule has 0 bridgehead atoms. The summed E-state index contributed by atoms with van der Waals surface area (Å²) in [6.07, 6.45) is -3.63. The van der Waals surface area contributed by atoms with Crippen molar-refractivity contribution in [2.75, 3.05) is 7.05 Å². The Labute approximate surface area is 123 Å². The van der Waals surface area contributed by atoms with E-state index >= 15 is 0 Å². The summed E-state index contributed by atoms with van der Waals surface area (Å²) in [5.74, 6) is -0.392. The van der Waals surface area contributed by atoms with E-state index in [0.717, 1.165) is 29.6 Å². The number of halogens is 4. The first-order chi connectivity index (χ1) is 9.88. The van der Waals surface area contributed by atoms with Gasteiger partial charge in [-0.25, -0.2) is 9.37 Å². The van der Waals surface area contributed by atoms with Crippen molar-refractivity contribution in [1.82, 2.24) is 10.3 Å². The average molecular weight is 316 g/mol. The second-order valence-corrected chi connectivity index (χ2v) is 5.40. The number of nitrogens with zero attached hydrogens (tertiary/aromatic N) is 1. The number of hydrogen-bond acceptors (Lipinski definition) is 3. The molecule has 2 aromatic rings. The number of rotatable bonds is 4. The quantitative estimate of drug-likeness (QED) is 0.859. The molecule has 0 saturated carbocycles. The van der Waals surface area contributed by atoms with Crippen LogP contribution in [0.25, 0.3) is 0 Å². The molecular weight excluding hydrogens is 304 g/mol. The Morgan fingerprint density at radius 1 is 1.19 bits per heavy atom. The first-order valence-electron chi connectivity index (χ1n) is 6.03. The summed E-state index contributed by atoms with van der Waals surface area (Å²) in [7, 11) is 1.75. The zero-order valence-electron chi connectivity index (χ0n) is 11.0. The summed E-state index contributed by atoms with van der Waals surface area (Å²) in [6, 6.07) is 6.73. The van der Waals surface area contributed by atoms with E-state index in [0.29, 0.717) is 16.5 Å². The van der Waals surface area contributed by atoms with Crippen molar-refractivity contribution in [3.8, 4) is 0 Å². The topological polar surface area (TPSA) is 24.9 Å². The highest BCUT2D eigenvalue weighted by molar-refractivity contribution is 7.99. The van der Waals surface area contributed by atoms with Crippen molar-refractivity contribution in [2.24, 2.45) is 0 Å². The van der Waals surface area contributed by atoms with Gasteiger partial charge in [-0.05, 0) is 42.9 Å². The number of pyridine rings is 1. The van der Waals surface area contributed by atoms with Gasteiger partial charge >= 0.3 is 6.18 Å². The molecule has 2 nitrogen and oxygen atoms in total.